The average Bonchev–Trinajstić information content (AvgIpc) is 2.05. The fourth-order valence-corrected chi connectivity index (χ4v) is 1.03. The molecule has 2 N–H and O–H groups in total. The largest absolute Gasteiger partial charge is 0.325 e. The van der Waals surface area contributed by atoms with Crippen molar-refractivity contribution in [3.63, 3.8) is 0 Å². The molecule has 0 radical (unpaired) electrons. The SMILES string of the molecule is NCc1cccc(CBr)n1. The molecule has 1 aromatic heterocycles. The standard InChI is InChI=1S/C7H9BrN2/c8-4-6-2-1-3-7(5-9)10-6/h1-3H,4-5,9H2. The Morgan fingerprint density at radius 3 is 2.70 bits per heavy atom. The first-order valence-corrected chi connectivity index (χ1v) is 4.20. The van der Waals surface area contributed by atoms with Gasteiger partial charge in [0.2, 0.25) is 0 Å². The molecule has 0 saturated heterocycles. The van der Waals surface area contributed by atoms with Crippen molar-refractivity contribution in [3.05, 3.63) is 29.6 Å². The Hall–Kier alpha value is -0.410. The predicted octanol–water partition coefficient (Wildman–Crippen LogP) is 1.44. The molecule has 10 heavy (non-hydrogen) atoms. The Kier molecular flexibility index (Phi) is 2.83. The normalized spacial score (nSPS) is 9.80. The Morgan fingerprint density at radius 2 is 2.10 bits per heavy atom. The van der Waals surface area contributed by atoms with Gasteiger partial charge in [-0.3, -0.25) is 4.98 Å². The third-order valence-corrected chi connectivity index (χ3v) is 1.78. The number of hydrogen-bond donors (Lipinski definition) is 1. The molecule has 0 saturated carbocycles. The monoisotopic (exact) mass is 200 g/mol. The van der Waals surface area contributed by atoms with Crippen molar-refractivity contribution in [1.29, 1.82) is 0 Å². The van der Waals surface area contributed by atoms with Crippen LogP contribution in [0.15, 0.2) is 18.2 Å². The summed E-state index contributed by atoms with van der Waals surface area (Å²) in [6.07, 6.45) is 0. The summed E-state index contributed by atoms with van der Waals surface area (Å²) in [6.45, 7) is 0.515. The highest BCUT2D eigenvalue weighted by molar-refractivity contribution is 9.08. The molecule has 0 amide bonds. The van der Waals surface area contributed by atoms with E-state index in [1.54, 1.807) is 0 Å². The van der Waals surface area contributed by atoms with Gasteiger partial charge in [0.25, 0.3) is 0 Å². The van der Waals surface area contributed by atoms with E-state index in [1.807, 2.05) is 18.2 Å². The molecule has 0 unspecified atom stereocenters. The van der Waals surface area contributed by atoms with Gasteiger partial charge in [0.15, 0.2) is 0 Å². The van der Waals surface area contributed by atoms with Gasteiger partial charge < -0.3 is 5.73 Å². The summed E-state index contributed by atoms with van der Waals surface area (Å²) in [4.78, 5) is 4.24. The van der Waals surface area contributed by atoms with Gasteiger partial charge in [0, 0.05) is 11.9 Å². The highest BCUT2D eigenvalue weighted by Crippen LogP contribution is 2.02. The van der Waals surface area contributed by atoms with Gasteiger partial charge in [-0.1, -0.05) is 22.0 Å². The lowest BCUT2D eigenvalue weighted by atomic mass is 10.3. The first-order valence-electron chi connectivity index (χ1n) is 3.07. The molecular weight excluding hydrogens is 192 g/mol. The molecule has 0 aliphatic carbocycles. The maximum atomic E-state index is 5.40. The van der Waals surface area contributed by atoms with E-state index in [9.17, 15) is 0 Å². The fourth-order valence-electron chi connectivity index (χ4n) is 0.717. The lowest BCUT2D eigenvalue weighted by Crippen LogP contribution is -2.00. The van der Waals surface area contributed by atoms with Crippen LogP contribution in [-0.4, -0.2) is 4.98 Å². The number of alkyl halides is 1. The molecule has 3 heteroatoms. The second-order valence-electron chi connectivity index (χ2n) is 1.96. The van der Waals surface area contributed by atoms with Crippen molar-refractivity contribution < 1.29 is 0 Å². The number of hydrogen-bond acceptors (Lipinski definition) is 2. The summed E-state index contributed by atoms with van der Waals surface area (Å²) >= 11 is 3.32. The molecule has 0 aliphatic heterocycles. The van der Waals surface area contributed by atoms with Gasteiger partial charge in [-0.25, -0.2) is 0 Å². The fraction of sp³-hybridized carbons (Fsp3) is 0.286. The summed E-state index contributed by atoms with van der Waals surface area (Å²) in [6, 6.07) is 5.85. The van der Waals surface area contributed by atoms with Crippen molar-refractivity contribution in [2.75, 3.05) is 0 Å². The zero-order valence-electron chi connectivity index (χ0n) is 5.55. The lowest BCUT2D eigenvalue weighted by molar-refractivity contribution is 0.966. The Balaban J connectivity index is 2.87. The summed E-state index contributed by atoms with van der Waals surface area (Å²) in [5.41, 5.74) is 7.37. The Morgan fingerprint density at radius 1 is 1.40 bits per heavy atom. The van der Waals surface area contributed by atoms with E-state index in [4.69, 9.17) is 5.73 Å². The smallest absolute Gasteiger partial charge is 0.0543 e. The van der Waals surface area contributed by atoms with Crippen molar-refractivity contribution >= 4 is 15.9 Å². The second kappa shape index (κ2) is 3.68. The van der Waals surface area contributed by atoms with Crippen LogP contribution in [0.25, 0.3) is 0 Å². The van der Waals surface area contributed by atoms with Crippen LogP contribution in [0.5, 0.6) is 0 Å². The predicted molar refractivity (Wildman–Crippen MR) is 44.8 cm³/mol. The molecular formula is C7H9BrN2. The van der Waals surface area contributed by atoms with E-state index in [0.717, 1.165) is 16.7 Å². The molecule has 0 atom stereocenters. The van der Waals surface area contributed by atoms with E-state index in [2.05, 4.69) is 20.9 Å². The van der Waals surface area contributed by atoms with E-state index < -0.39 is 0 Å². The quantitative estimate of drug-likeness (QED) is 0.735. The summed E-state index contributed by atoms with van der Waals surface area (Å²) in [7, 11) is 0. The van der Waals surface area contributed by atoms with Crippen LogP contribution in [0, 0.1) is 0 Å². The van der Waals surface area contributed by atoms with Crippen molar-refractivity contribution in [2.24, 2.45) is 5.73 Å². The van der Waals surface area contributed by atoms with Gasteiger partial charge in [-0.05, 0) is 12.1 Å². The van der Waals surface area contributed by atoms with Gasteiger partial charge in [0.05, 0.1) is 11.4 Å². The zero-order valence-corrected chi connectivity index (χ0v) is 7.13. The highest BCUT2D eigenvalue weighted by Gasteiger charge is 1.92. The second-order valence-corrected chi connectivity index (χ2v) is 2.52. The number of nitrogens with zero attached hydrogens (tertiary/aromatic N) is 1. The van der Waals surface area contributed by atoms with E-state index in [-0.39, 0.29) is 0 Å². The maximum Gasteiger partial charge on any atom is 0.0543 e. The van der Waals surface area contributed by atoms with E-state index in [0.29, 0.717) is 6.54 Å². The summed E-state index contributed by atoms with van der Waals surface area (Å²) in [5, 5.41) is 0.792. The van der Waals surface area contributed by atoms with Gasteiger partial charge in [-0.2, -0.15) is 0 Å². The van der Waals surface area contributed by atoms with Crippen LogP contribution in [0.1, 0.15) is 11.4 Å². The van der Waals surface area contributed by atoms with Crippen molar-refractivity contribution in [2.45, 2.75) is 11.9 Å². The molecule has 2 nitrogen and oxygen atoms in total. The highest BCUT2D eigenvalue weighted by atomic mass is 79.9. The summed E-state index contributed by atoms with van der Waals surface area (Å²) in [5.74, 6) is 0. The zero-order chi connectivity index (χ0) is 7.40. The number of rotatable bonds is 2. The molecule has 0 spiro atoms. The first kappa shape index (κ1) is 7.69. The van der Waals surface area contributed by atoms with Crippen LogP contribution in [0.2, 0.25) is 0 Å². The van der Waals surface area contributed by atoms with Crippen LogP contribution in [0.4, 0.5) is 0 Å². The summed E-state index contributed by atoms with van der Waals surface area (Å²) < 4.78 is 0. The third kappa shape index (κ3) is 1.78. The average molecular weight is 201 g/mol. The Labute approximate surface area is 68.6 Å². The minimum atomic E-state index is 0.515. The van der Waals surface area contributed by atoms with Gasteiger partial charge >= 0.3 is 0 Å². The number of nitrogens with two attached hydrogens (primary N) is 1. The molecule has 1 heterocycles. The Bertz CT molecular complexity index is 193. The molecule has 0 fully saturated rings. The van der Waals surface area contributed by atoms with Crippen LogP contribution < -0.4 is 5.73 Å². The first-order chi connectivity index (χ1) is 4.86. The van der Waals surface area contributed by atoms with Gasteiger partial charge in [0.1, 0.15) is 0 Å². The minimum Gasteiger partial charge on any atom is -0.325 e. The molecule has 54 valence electrons. The lowest BCUT2D eigenvalue weighted by Gasteiger charge is -1.97. The van der Waals surface area contributed by atoms with Crippen molar-refractivity contribution in [3.8, 4) is 0 Å². The van der Waals surface area contributed by atoms with Crippen molar-refractivity contribution in [1.82, 2.24) is 4.98 Å². The molecule has 0 aliphatic rings. The van der Waals surface area contributed by atoms with Crippen LogP contribution >= 0.6 is 15.9 Å². The molecule has 0 aromatic carbocycles. The molecule has 1 rings (SSSR count). The van der Waals surface area contributed by atoms with Crippen LogP contribution in [0.3, 0.4) is 0 Å². The van der Waals surface area contributed by atoms with E-state index >= 15 is 0 Å². The number of halogens is 1. The number of aromatic nitrogens is 1. The minimum absolute atomic E-state index is 0.515. The van der Waals surface area contributed by atoms with Crippen LogP contribution in [-0.2, 0) is 11.9 Å². The topological polar surface area (TPSA) is 38.9 Å². The molecule has 0 bridgehead atoms. The van der Waals surface area contributed by atoms with E-state index in [1.165, 1.54) is 0 Å². The number of pyridine rings is 1. The molecule has 1 aromatic rings. The van der Waals surface area contributed by atoms with Gasteiger partial charge in [-0.15, -0.1) is 0 Å². The maximum absolute atomic E-state index is 5.40. The third-order valence-electron chi connectivity index (χ3n) is 1.21.